The first-order valence-corrected chi connectivity index (χ1v) is 10.0. The van der Waals surface area contributed by atoms with Crippen molar-refractivity contribution < 1.29 is 9.18 Å². The fourth-order valence-electron chi connectivity index (χ4n) is 3.68. The van der Waals surface area contributed by atoms with Crippen LogP contribution in [0.1, 0.15) is 40.4 Å². The standard InChI is InChI=1S/C22H22ClFN4O/c1-14-2-5-17(12-20(14)24)27-22(29)19-13-26-28(18-6-3-16(23)4-7-18)21(19)15-8-10-25-11-9-15/h2-7,12-13,15,25H,8-11H2,1H3,(H,27,29). The highest BCUT2D eigenvalue weighted by Crippen LogP contribution is 2.31. The molecule has 2 heterocycles. The van der Waals surface area contributed by atoms with E-state index >= 15 is 0 Å². The quantitative estimate of drug-likeness (QED) is 0.653. The first kappa shape index (κ1) is 19.6. The van der Waals surface area contributed by atoms with E-state index in [4.69, 9.17) is 11.6 Å². The molecule has 1 aliphatic heterocycles. The van der Waals surface area contributed by atoms with Crippen LogP contribution >= 0.6 is 11.6 Å². The van der Waals surface area contributed by atoms with Crippen molar-refractivity contribution in [2.24, 2.45) is 0 Å². The Balaban J connectivity index is 1.70. The van der Waals surface area contributed by atoms with Gasteiger partial charge in [-0.15, -0.1) is 0 Å². The SMILES string of the molecule is Cc1ccc(NC(=O)c2cnn(-c3ccc(Cl)cc3)c2C2CCNCC2)cc1F. The lowest BCUT2D eigenvalue weighted by Crippen LogP contribution is -2.29. The Bertz CT molecular complexity index is 1030. The van der Waals surface area contributed by atoms with Crippen molar-refractivity contribution in [1.82, 2.24) is 15.1 Å². The van der Waals surface area contributed by atoms with Gasteiger partial charge in [-0.2, -0.15) is 5.10 Å². The van der Waals surface area contributed by atoms with E-state index in [0.717, 1.165) is 37.3 Å². The number of aromatic nitrogens is 2. The third kappa shape index (κ3) is 4.18. The Labute approximate surface area is 173 Å². The lowest BCUT2D eigenvalue weighted by atomic mass is 9.91. The molecule has 2 N–H and O–H groups in total. The number of carbonyl (C=O) groups is 1. The molecular weight excluding hydrogens is 391 g/mol. The third-order valence-electron chi connectivity index (χ3n) is 5.28. The van der Waals surface area contributed by atoms with Crippen LogP contribution in [-0.2, 0) is 0 Å². The first-order valence-electron chi connectivity index (χ1n) is 9.65. The van der Waals surface area contributed by atoms with Gasteiger partial charge in [0.15, 0.2) is 0 Å². The zero-order valence-corrected chi connectivity index (χ0v) is 16.8. The molecule has 0 atom stereocenters. The van der Waals surface area contributed by atoms with Crippen LogP contribution in [0.3, 0.4) is 0 Å². The van der Waals surface area contributed by atoms with Crippen molar-refractivity contribution in [2.75, 3.05) is 18.4 Å². The molecule has 5 nitrogen and oxygen atoms in total. The van der Waals surface area contributed by atoms with E-state index in [2.05, 4.69) is 15.7 Å². The zero-order valence-electron chi connectivity index (χ0n) is 16.1. The van der Waals surface area contributed by atoms with E-state index in [1.54, 1.807) is 37.4 Å². The number of anilines is 1. The van der Waals surface area contributed by atoms with Gasteiger partial charge in [0.1, 0.15) is 5.82 Å². The van der Waals surface area contributed by atoms with Crippen molar-refractivity contribution in [3.63, 3.8) is 0 Å². The number of hydrogen-bond acceptors (Lipinski definition) is 3. The molecule has 1 amide bonds. The molecule has 0 saturated carbocycles. The van der Waals surface area contributed by atoms with Crippen molar-refractivity contribution in [2.45, 2.75) is 25.7 Å². The van der Waals surface area contributed by atoms with Gasteiger partial charge in [0, 0.05) is 16.6 Å². The maximum Gasteiger partial charge on any atom is 0.259 e. The normalized spacial score (nSPS) is 14.7. The summed E-state index contributed by atoms with van der Waals surface area (Å²) in [6.07, 6.45) is 3.42. The molecule has 1 aliphatic rings. The Morgan fingerprint density at radius 1 is 1.21 bits per heavy atom. The Hall–Kier alpha value is -2.70. The summed E-state index contributed by atoms with van der Waals surface area (Å²) in [6, 6.07) is 12.1. The van der Waals surface area contributed by atoms with Crippen LogP contribution in [0, 0.1) is 12.7 Å². The fourth-order valence-corrected chi connectivity index (χ4v) is 3.80. The summed E-state index contributed by atoms with van der Waals surface area (Å²) in [5.74, 6) is -0.440. The van der Waals surface area contributed by atoms with E-state index in [-0.39, 0.29) is 17.6 Å². The number of rotatable bonds is 4. The summed E-state index contributed by atoms with van der Waals surface area (Å²) < 4.78 is 15.7. The van der Waals surface area contributed by atoms with Crippen LogP contribution < -0.4 is 10.6 Å². The summed E-state index contributed by atoms with van der Waals surface area (Å²) in [6.45, 7) is 3.47. The number of hydrogen-bond donors (Lipinski definition) is 2. The minimum Gasteiger partial charge on any atom is -0.322 e. The second-order valence-corrected chi connectivity index (χ2v) is 7.71. The molecule has 1 saturated heterocycles. The predicted molar refractivity (Wildman–Crippen MR) is 113 cm³/mol. The molecular formula is C22H22ClFN4O. The average molecular weight is 413 g/mol. The summed E-state index contributed by atoms with van der Waals surface area (Å²) in [7, 11) is 0. The molecule has 0 bridgehead atoms. The van der Waals surface area contributed by atoms with Crippen LogP contribution in [0.25, 0.3) is 5.69 Å². The maximum atomic E-state index is 13.9. The zero-order chi connectivity index (χ0) is 20.4. The van der Waals surface area contributed by atoms with Crippen LogP contribution in [-0.4, -0.2) is 28.8 Å². The van der Waals surface area contributed by atoms with Gasteiger partial charge in [0.25, 0.3) is 5.91 Å². The summed E-state index contributed by atoms with van der Waals surface area (Å²) in [4.78, 5) is 13.0. The van der Waals surface area contributed by atoms with E-state index < -0.39 is 0 Å². The fraction of sp³-hybridized carbons (Fsp3) is 0.273. The molecule has 7 heteroatoms. The van der Waals surface area contributed by atoms with Gasteiger partial charge in [-0.25, -0.2) is 9.07 Å². The summed E-state index contributed by atoms with van der Waals surface area (Å²) in [5.41, 5.74) is 3.19. The number of carbonyl (C=O) groups excluding carboxylic acids is 1. The molecule has 1 fully saturated rings. The van der Waals surface area contributed by atoms with Crippen molar-refractivity contribution in [3.8, 4) is 5.69 Å². The molecule has 29 heavy (non-hydrogen) atoms. The minimum atomic E-state index is -0.349. The number of halogens is 2. The largest absolute Gasteiger partial charge is 0.322 e. The molecule has 0 spiro atoms. The van der Waals surface area contributed by atoms with E-state index in [1.165, 1.54) is 6.07 Å². The second kappa shape index (κ2) is 8.35. The first-order chi connectivity index (χ1) is 14.0. The lowest BCUT2D eigenvalue weighted by molar-refractivity contribution is 0.102. The van der Waals surface area contributed by atoms with E-state index in [1.807, 2.05) is 16.8 Å². The monoisotopic (exact) mass is 412 g/mol. The van der Waals surface area contributed by atoms with Crippen LogP contribution in [0.2, 0.25) is 5.02 Å². The Kier molecular flexibility index (Phi) is 5.65. The highest BCUT2D eigenvalue weighted by atomic mass is 35.5. The molecule has 3 aromatic rings. The molecule has 150 valence electrons. The lowest BCUT2D eigenvalue weighted by Gasteiger charge is -2.24. The maximum absolute atomic E-state index is 13.9. The third-order valence-corrected chi connectivity index (χ3v) is 5.53. The van der Waals surface area contributed by atoms with Gasteiger partial charge in [-0.05, 0) is 74.8 Å². The van der Waals surface area contributed by atoms with Crippen molar-refractivity contribution >= 4 is 23.2 Å². The van der Waals surface area contributed by atoms with Gasteiger partial charge in [-0.3, -0.25) is 4.79 Å². The minimum absolute atomic E-state index is 0.199. The van der Waals surface area contributed by atoms with Crippen LogP contribution in [0.4, 0.5) is 10.1 Å². The van der Waals surface area contributed by atoms with Gasteiger partial charge in [0.2, 0.25) is 0 Å². The predicted octanol–water partition coefficient (Wildman–Crippen LogP) is 4.69. The molecule has 0 unspecified atom stereocenters. The van der Waals surface area contributed by atoms with Gasteiger partial charge >= 0.3 is 0 Å². The van der Waals surface area contributed by atoms with Crippen LogP contribution in [0.15, 0.2) is 48.7 Å². The number of piperidine rings is 1. The van der Waals surface area contributed by atoms with Gasteiger partial charge in [0.05, 0.1) is 23.1 Å². The summed E-state index contributed by atoms with van der Waals surface area (Å²) in [5, 5.41) is 11.3. The topological polar surface area (TPSA) is 59.0 Å². The Morgan fingerprint density at radius 2 is 1.93 bits per heavy atom. The Morgan fingerprint density at radius 3 is 2.62 bits per heavy atom. The number of nitrogens with one attached hydrogen (secondary N) is 2. The second-order valence-electron chi connectivity index (χ2n) is 7.27. The average Bonchev–Trinajstić information content (AvgIpc) is 3.17. The van der Waals surface area contributed by atoms with Crippen molar-refractivity contribution in [3.05, 3.63) is 76.3 Å². The molecule has 0 radical (unpaired) electrons. The number of benzene rings is 2. The van der Waals surface area contributed by atoms with E-state index in [9.17, 15) is 9.18 Å². The molecule has 0 aliphatic carbocycles. The molecule has 1 aromatic heterocycles. The van der Waals surface area contributed by atoms with E-state index in [0.29, 0.717) is 21.8 Å². The van der Waals surface area contributed by atoms with Gasteiger partial charge in [-0.1, -0.05) is 17.7 Å². The van der Waals surface area contributed by atoms with Crippen LogP contribution in [0.5, 0.6) is 0 Å². The number of aryl methyl sites for hydroxylation is 1. The summed E-state index contributed by atoms with van der Waals surface area (Å²) >= 11 is 6.02. The highest BCUT2D eigenvalue weighted by molar-refractivity contribution is 6.30. The smallest absolute Gasteiger partial charge is 0.259 e. The molecule has 4 rings (SSSR count). The molecule has 2 aromatic carbocycles. The highest BCUT2D eigenvalue weighted by Gasteiger charge is 2.27. The van der Waals surface area contributed by atoms with Gasteiger partial charge < -0.3 is 10.6 Å². The number of amides is 1. The number of nitrogens with zero attached hydrogens (tertiary/aromatic N) is 2. The van der Waals surface area contributed by atoms with Crippen molar-refractivity contribution in [1.29, 1.82) is 0 Å².